The van der Waals surface area contributed by atoms with Gasteiger partial charge < -0.3 is 10.6 Å². The third-order valence-corrected chi connectivity index (χ3v) is 6.58. The van der Waals surface area contributed by atoms with E-state index < -0.39 is 23.3 Å². The number of ether oxygens (including phenoxy) is 1. The van der Waals surface area contributed by atoms with Crippen LogP contribution in [-0.4, -0.2) is 26.9 Å². The molecule has 1 aliphatic carbocycles. The Morgan fingerprint density at radius 3 is 2.28 bits per heavy atom. The standard InChI is InChI=1S/C27H33N5O4/c1-18-4-6-22(7-5-18)17-30-25(29-23-14-12-21(13-15-23)11-10-20-8-9-20)32(28)27(35)31(26(30)34)16-19(2)24(33)36-3/h4-7,12-15,19-20H,8-11,16-17,28H2,1-3H3/b29-25-/t19-/m0/s1. The van der Waals surface area contributed by atoms with Crippen molar-refractivity contribution in [2.75, 3.05) is 13.0 Å². The summed E-state index contributed by atoms with van der Waals surface area (Å²) in [6.45, 7) is 3.56. The predicted octanol–water partition coefficient (Wildman–Crippen LogP) is 2.27. The van der Waals surface area contributed by atoms with Gasteiger partial charge in [-0.05, 0) is 48.9 Å². The maximum Gasteiger partial charge on any atom is 0.353 e. The zero-order chi connectivity index (χ0) is 25.8. The minimum absolute atomic E-state index is 0.0262. The van der Waals surface area contributed by atoms with E-state index in [9.17, 15) is 14.4 Å². The van der Waals surface area contributed by atoms with Crippen LogP contribution in [0.5, 0.6) is 0 Å². The van der Waals surface area contributed by atoms with Crippen molar-refractivity contribution in [3.8, 4) is 0 Å². The first-order chi connectivity index (χ1) is 17.3. The van der Waals surface area contributed by atoms with Crippen LogP contribution in [0, 0.1) is 18.8 Å². The largest absolute Gasteiger partial charge is 0.469 e. The second-order valence-corrected chi connectivity index (χ2v) is 9.60. The Morgan fingerprint density at radius 2 is 1.67 bits per heavy atom. The Bertz CT molecular complexity index is 1410. The van der Waals surface area contributed by atoms with Gasteiger partial charge in [-0.3, -0.25) is 9.36 Å². The summed E-state index contributed by atoms with van der Waals surface area (Å²) in [5, 5.41) is 0. The SMILES string of the molecule is COC(=O)[C@@H](C)Cn1c(=O)n(N)/c(=N\c2ccc(CCC3CC3)cc2)n(Cc2ccc(C)cc2)c1=O. The monoisotopic (exact) mass is 491 g/mol. The molecule has 190 valence electrons. The third kappa shape index (κ3) is 5.84. The van der Waals surface area contributed by atoms with Gasteiger partial charge in [-0.15, -0.1) is 0 Å². The normalized spacial score (nSPS) is 14.6. The Labute approximate surface area is 209 Å². The highest BCUT2D eigenvalue weighted by molar-refractivity contribution is 5.71. The van der Waals surface area contributed by atoms with E-state index >= 15 is 0 Å². The van der Waals surface area contributed by atoms with Gasteiger partial charge in [-0.1, -0.05) is 61.7 Å². The molecule has 3 aromatic rings. The van der Waals surface area contributed by atoms with Gasteiger partial charge in [0.2, 0.25) is 5.62 Å². The Morgan fingerprint density at radius 1 is 1.03 bits per heavy atom. The summed E-state index contributed by atoms with van der Waals surface area (Å²) in [6, 6.07) is 15.5. The fourth-order valence-corrected chi connectivity index (χ4v) is 4.12. The van der Waals surface area contributed by atoms with Crippen LogP contribution >= 0.6 is 0 Å². The maximum atomic E-state index is 13.5. The number of hydrogen-bond acceptors (Lipinski definition) is 6. The minimum Gasteiger partial charge on any atom is -0.469 e. The average molecular weight is 492 g/mol. The van der Waals surface area contributed by atoms with E-state index in [1.165, 1.54) is 36.5 Å². The van der Waals surface area contributed by atoms with E-state index in [4.69, 9.17) is 10.6 Å². The molecule has 2 N–H and O–H groups in total. The van der Waals surface area contributed by atoms with Crippen LogP contribution in [0.4, 0.5) is 5.69 Å². The Kier molecular flexibility index (Phi) is 7.57. The maximum absolute atomic E-state index is 13.5. The van der Waals surface area contributed by atoms with Crippen LogP contribution in [0.15, 0.2) is 63.1 Å². The number of nitrogens with zero attached hydrogens (tertiary/aromatic N) is 4. The van der Waals surface area contributed by atoms with Crippen molar-refractivity contribution in [1.29, 1.82) is 0 Å². The second kappa shape index (κ2) is 10.8. The van der Waals surface area contributed by atoms with Gasteiger partial charge >= 0.3 is 17.3 Å². The van der Waals surface area contributed by atoms with E-state index in [0.717, 1.165) is 32.7 Å². The van der Waals surface area contributed by atoms with Crippen molar-refractivity contribution in [3.63, 3.8) is 0 Å². The summed E-state index contributed by atoms with van der Waals surface area (Å²) in [5.41, 5.74) is 2.42. The zero-order valence-electron chi connectivity index (χ0n) is 21.0. The van der Waals surface area contributed by atoms with Gasteiger partial charge in [0.15, 0.2) is 0 Å². The molecule has 0 aliphatic heterocycles. The molecule has 1 aromatic heterocycles. The molecule has 0 radical (unpaired) electrons. The first-order valence-corrected chi connectivity index (χ1v) is 12.3. The lowest BCUT2D eigenvalue weighted by Crippen LogP contribution is -2.58. The lowest BCUT2D eigenvalue weighted by molar-refractivity contribution is -0.145. The molecule has 2 aromatic carbocycles. The fourth-order valence-electron chi connectivity index (χ4n) is 4.12. The number of carbonyl (C=O) groups is 1. The van der Waals surface area contributed by atoms with Crippen LogP contribution < -0.4 is 22.8 Å². The quantitative estimate of drug-likeness (QED) is 0.364. The molecular weight excluding hydrogens is 458 g/mol. The second-order valence-electron chi connectivity index (χ2n) is 9.60. The summed E-state index contributed by atoms with van der Waals surface area (Å²) in [4.78, 5) is 43.1. The molecule has 0 bridgehead atoms. The number of nitrogens with two attached hydrogens (primary N) is 1. The molecule has 1 atom stereocenters. The number of hydrogen-bond donors (Lipinski definition) is 1. The molecule has 1 aliphatic rings. The van der Waals surface area contributed by atoms with Crippen LogP contribution in [-0.2, 0) is 29.0 Å². The molecule has 0 unspecified atom stereocenters. The highest BCUT2D eigenvalue weighted by Gasteiger charge is 2.21. The summed E-state index contributed by atoms with van der Waals surface area (Å²) >= 11 is 0. The average Bonchev–Trinajstić information content (AvgIpc) is 3.72. The summed E-state index contributed by atoms with van der Waals surface area (Å²) in [6.07, 6.45) is 4.87. The van der Waals surface area contributed by atoms with E-state index in [1.807, 2.05) is 55.5 Å². The van der Waals surface area contributed by atoms with E-state index in [0.29, 0.717) is 5.69 Å². The molecule has 9 heteroatoms. The van der Waals surface area contributed by atoms with Crippen molar-refractivity contribution in [3.05, 3.63) is 91.8 Å². The molecule has 1 saturated carbocycles. The van der Waals surface area contributed by atoms with Crippen molar-refractivity contribution in [1.82, 2.24) is 13.8 Å². The lowest BCUT2D eigenvalue weighted by Gasteiger charge is -2.16. The van der Waals surface area contributed by atoms with E-state index in [2.05, 4.69) is 4.99 Å². The van der Waals surface area contributed by atoms with Crippen molar-refractivity contribution in [2.45, 2.75) is 52.6 Å². The van der Waals surface area contributed by atoms with Gasteiger partial charge in [0.1, 0.15) is 0 Å². The molecule has 1 fully saturated rings. The molecule has 1 heterocycles. The number of aromatic nitrogens is 3. The van der Waals surface area contributed by atoms with Crippen molar-refractivity contribution in [2.24, 2.45) is 16.8 Å². The zero-order valence-corrected chi connectivity index (χ0v) is 21.0. The highest BCUT2D eigenvalue weighted by Crippen LogP contribution is 2.33. The number of carbonyl (C=O) groups excluding carboxylic acids is 1. The molecule has 0 amide bonds. The first kappa shape index (κ1) is 25.2. The number of aryl methyl sites for hydroxylation is 2. The minimum atomic E-state index is -0.754. The molecule has 0 spiro atoms. The molecule has 4 rings (SSSR count). The Balaban J connectivity index is 1.78. The molecule has 9 nitrogen and oxygen atoms in total. The van der Waals surface area contributed by atoms with Gasteiger partial charge in [-0.25, -0.2) is 19.1 Å². The topological polar surface area (TPSA) is 114 Å². The van der Waals surface area contributed by atoms with Crippen LogP contribution in [0.2, 0.25) is 0 Å². The van der Waals surface area contributed by atoms with Crippen LogP contribution in [0.3, 0.4) is 0 Å². The van der Waals surface area contributed by atoms with Gasteiger partial charge in [0.25, 0.3) is 0 Å². The number of nitrogen functional groups attached to an aromatic ring is 1. The summed E-state index contributed by atoms with van der Waals surface area (Å²) < 4.78 is 7.93. The van der Waals surface area contributed by atoms with E-state index in [1.54, 1.807) is 6.92 Å². The number of esters is 1. The highest BCUT2D eigenvalue weighted by atomic mass is 16.5. The van der Waals surface area contributed by atoms with Crippen molar-refractivity contribution >= 4 is 11.7 Å². The summed E-state index contributed by atoms with van der Waals surface area (Å²) in [7, 11) is 1.26. The van der Waals surface area contributed by atoms with Crippen LogP contribution in [0.1, 0.15) is 42.9 Å². The van der Waals surface area contributed by atoms with Crippen molar-refractivity contribution < 1.29 is 9.53 Å². The third-order valence-electron chi connectivity index (χ3n) is 6.58. The number of methoxy groups -OCH3 is 1. The molecule has 36 heavy (non-hydrogen) atoms. The van der Waals surface area contributed by atoms with Gasteiger partial charge in [0, 0.05) is 6.54 Å². The number of benzene rings is 2. The molecular formula is C27H33N5O4. The van der Waals surface area contributed by atoms with Crippen LogP contribution in [0.25, 0.3) is 0 Å². The summed E-state index contributed by atoms with van der Waals surface area (Å²) in [5.74, 6) is 5.82. The predicted molar refractivity (Wildman–Crippen MR) is 137 cm³/mol. The smallest absolute Gasteiger partial charge is 0.353 e. The number of rotatable bonds is 9. The lowest BCUT2D eigenvalue weighted by atomic mass is 10.1. The Hall–Kier alpha value is -3.88. The van der Waals surface area contributed by atoms with Gasteiger partial charge in [-0.2, -0.15) is 4.68 Å². The first-order valence-electron chi connectivity index (χ1n) is 12.3. The fraction of sp³-hybridized carbons (Fsp3) is 0.407. The molecule has 0 saturated heterocycles. The van der Waals surface area contributed by atoms with E-state index in [-0.39, 0.29) is 18.7 Å². The van der Waals surface area contributed by atoms with Gasteiger partial charge in [0.05, 0.1) is 25.3 Å².